The highest BCUT2D eigenvalue weighted by Gasteiger charge is 2.06. The van der Waals surface area contributed by atoms with Crippen LogP contribution in [0.1, 0.15) is 22.4 Å². The molecule has 0 fully saturated rings. The third kappa shape index (κ3) is 3.06. The average Bonchev–Trinajstić information content (AvgIpc) is 2.34. The molecular weight excluding hydrogens is 256 g/mol. The molecule has 0 radical (unpaired) electrons. The molecule has 5 heteroatoms. The van der Waals surface area contributed by atoms with Gasteiger partial charge in [0.25, 0.3) is 0 Å². The molecule has 3 N–H and O–H groups in total. The molecule has 19 heavy (non-hydrogen) atoms. The lowest BCUT2D eigenvalue weighted by Crippen LogP contribution is -2.12. The summed E-state index contributed by atoms with van der Waals surface area (Å²) in [6.45, 7) is 6.22. The van der Waals surface area contributed by atoms with Crippen LogP contribution in [0.15, 0.2) is 24.5 Å². The van der Waals surface area contributed by atoms with Crippen LogP contribution in [0.2, 0.25) is 0 Å². The number of aromatic nitrogens is 2. The van der Waals surface area contributed by atoms with E-state index in [1.54, 1.807) is 12.4 Å². The van der Waals surface area contributed by atoms with E-state index in [-0.39, 0.29) is 4.99 Å². The fourth-order valence-corrected chi connectivity index (χ4v) is 2.13. The van der Waals surface area contributed by atoms with E-state index >= 15 is 0 Å². The zero-order chi connectivity index (χ0) is 14.0. The fraction of sp³-hybridized carbons (Fsp3) is 0.214. The van der Waals surface area contributed by atoms with E-state index in [2.05, 4.69) is 48.2 Å². The molecule has 0 aliphatic rings. The van der Waals surface area contributed by atoms with E-state index in [1.807, 2.05) is 0 Å². The van der Waals surface area contributed by atoms with Crippen molar-refractivity contribution in [3.8, 4) is 0 Å². The number of anilines is 2. The van der Waals surface area contributed by atoms with Crippen LogP contribution in [-0.4, -0.2) is 15.0 Å². The first-order valence-electron chi connectivity index (χ1n) is 5.94. The van der Waals surface area contributed by atoms with Crippen molar-refractivity contribution in [1.29, 1.82) is 0 Å². The van der Waals surface area contributed by atoms with E-state index in [0.29, 0.717) is 11.5 Å². The molecule has 0 atom stereocenters. The van der Waals surface area contributed by atoms with Crippen LogP contribution in [-0.2, 0) is 0 Å². The molecule has 1 heterocycles. The Hall–Kier alpha value is -2.01. The van der Waals surface area contributed by atoms with E-state index in [0.717, 1.165) is 5.69 Å². The van der Waals surface area contributed by atoms with E-state index in [1.165, 1.54) is 16.7 Å². The first kappa shape index (κ1) is 13.4. The number of aryl methyl sites for hydroxylation is 3. The largest absolute Gasteiger partial charge is 0.388 e. The maximum Gasteiger partial charge on any atom is 0.148 e. The fourth-order valence-electron chi connectivity index (χ4n) is 2.03. The van der Waals surface area contributed by atoms with Gasteiger partial charge in [0, 0.05) is 5.69 Å². The van der Waals surface area contributed by atoms with Gasteiger partial charge in [-0.05, 0) is 31.9 Å². The van der Waals surface area contributed by atoms with Crippen LogP contribution >= 0.6 is 12.2 Å². The summed E-state index contributed by atoms with van der Waals surface area (Å²) in [5, 5.41) is 3.28. The molecule has 0 amide bonds. The summed E-state index contributed by atoms with van der Waals surface area (Å²) in [5.41, 5.74) is 10.7. The third-order valence-corrected chi connectivity index (χ3v) is 3.04. The molecule has 2 rings (SSSR count). The van der Waals surface area contributed by atoms with Crippen LogP contribution in [0.4, 0.5) is 11.5 Å². The number of rotatable bonds is 3. The second-order valence-electron chi connectivity index (χ2n) is 4.55. The molecule has 2 aromatic rings. The number of hydrogen-bond donors (Lipinski definition) is 2. The summed E-state index contributed by atoms with van der Waals surface area (Å²) in [6.07, 6.45) is 3.21. The summed E-state index contributed by atoms with van der Waals surface area (Å²) < 4.78 is 0. The highest BCUT2D eigenvalue weighted by molar-refractivity contribution is 7.80. The first-order chi connectivity index (χ1) is 8.97. The van der Waals surface area contributed by atoms with Crippen molar-refractivity contribution in [3.63, 3.8) is 0 Å². The lowest BCUT2D eigenvalue weighted by Gasteiger charge is -2.13. The van der Waals surface area contributed by atoms with Crippen LogP contribution in [0, 0.1) is 20.8 Å². The van der Waals surface area contributed by atoms with Crippen LogP contribution in [0.25, 0.3) is 0 Å². The van der Waals surface area contributed by atoms with Crippen molar-refractivity contribution in [2.75, 3.05) is 5.32 Å². The molecule has 0 aliphatic heterocycles. The van der Waals surface area contributed by atoms with Crippen molar-refractivity contribution < 1.29 is 0 Å². The third-order valence-electron chi connectivity index (χ3n) is 2.83. The van der Waals surface area contributed by atoms with Gasteiger partial charge in [0.1, 0.15) is 16.5 Å². The monoisotopic (exact) mass is 272 g/mol. The predicted molar refractivity (Wildman–Crippen MR) is 81.9 cm³/mol. The topological polar surface area (TPSA) is 63.8 Å². The minimum Gasteiger partial charge on any atom is -0.388 e. The number of nitrogens with one attached hydrogen (secondary N) is 1. The van der Waals surface area contributed by atoms with E-state index < -0.39 is 0 Å². The molecule has 0 saturated carbocycles. The predicted octanol–water partition coefficient (Wildman–Crippen LogP) is 2.78. The molecule has 0 bridgehead atoms. The van der Waals surface area contributed by atoms with Gasteiger partial charge < -0.3 is 11.1 Å². The average molecular weight is 272 g/mol. The standard InChI is InChI=1S/C14H16N4S/c1-8-4-9(2)13(10(3)5-8)18-12-7-16-11(6-17-12)14(15)19/h4-7H,1-3H3,(H2,15,19)(H,17,18). The van der Waals surface area contributed by atoms with Gasteiger partial charge in [-0.2, -0.15) is 0 Å². The van der Waals surface area contributed by atoms with Crippen LogP contribution < -0.4 is 11.1 Å². The van der Waals surface area contributed by atoms with Gasteiger partial charge in [0.05, 0.1) is 12.4 Å². The van der Waals surface area contributed by atoms with Crippen LogP contribution in [0.5, 0.6) is 0 Å². The van der Waals surface area contributed by atoms with Gasteiger partial charge in [0.2, 0.25) is 0 Å². The van der Waals surface area contributed by atoms with Gasteiger partial charge in [-0.25, -0.2) is 9.97 Å². The number of thiocarbonyl (C=S) groups is 1. The van der Waals surface area contributed by atoms with Crippen molar-refractivity contribution >= 4 is 28.7 Å². The van der Waals surface area contributed by atoms with E-state index in [4.69, 9.17) is 18.0 Å². The summed E-state index contributed by atoms with van der Waals surface area (Å²) >= 11 is 4.85. The Kier molecular flexibility index (Phi) is 3.76. The summed E-state index contributed by atoms with van der Waals surface area (Å²) in [7, 11) is 0. The van der Waals surface area contributed by atoms with Gasteiger partial charge in [-0.3, -0.25) is 0 Å². The smallest absolute Gasteiger partial charge is 0.148 e. The van der Waals surface area contributed by atoms with Gasteiger partial charge in [-0.1, -0.05) is 29.9 Å². The molecule has 4 nitrogen and oxygen atoms in total. The van der Waals surface area contributed by atoms with Crippen molar-refractivity contribution in [2.24, 2.45) is 5.73 Å². The Labute approximate surface area is 118 Å². The number of hydrogen-bond acceptors (Lipinski definition) is 4. The Morgan fingerprint density at radius 1 is 1.11 bits per heavy atom. The molecule has 0 saturated heterocycles. The zero-order valence-corrected chi connectivity index (χ0v) is 12.0. The summed E-state index contributed by atoms with van der Waals surface area (Å²) in [5.74, 6) is 0.676. The Balaban J connectivity index is 2.29. The molecule has 1 aromatic heterocycles. The first-order valence-corrected chi connectivity index (χ1v) is 6.35. The molecule has 98 valence electrons. The highest BCUT2D eigenvalue weighted by atomic mass is 32.1. The quantitative estimate of drug-likeness (QED) is 0.841. The molecule has 0 spiro atoms. The highest BCUT2D eigenvalue weighted by Crippen LogP contribution is 2.24. The Morgan fingerprint density at radius 2 is 1.74 bits per heavy atom. The minimum atomic E-state index is 0.252. The number of benzene rings is 1. The molecular formula is C14H16N4S. The second kappa shape index (κ2) is 5.32. The van der Waals surface area contributed by atoms with Gasteiger partial charge in [-0.15, -0.1) is 0 Å². The van der Waals surface area contributed by atoms with Crippen molar-refractivity contribution in [3.05, 3.63) is 46.9 Å². The Morgan fingerprint density at radius 3 is 2.21 bits per heavy atom. The second-order valence-corrected chi connectivity index (χ2v) is 4.99. The number of nitrogens with zero attached hydrogens (tertiary/aromatic N) is 2. The van der Waals surface area contributed by atoms with E-state index in [9.17, 15) is 0 Å². The lowest BCUT2D eigenvalue weighted by atomic mass is 10.1. The molecule has 1 aromatic carbocycles. The molecule has 0 unspecified atom stereocenters. The maximum atomic E-state index is 5.49. The summed E-state index contributed by atoms with van der Waals surface area (Å²) in [4.78, 5) is 8.67. The SMILES string of the molecule is Cc1cc(C)c(Nc2cnc(C(N)=S)cn2)c(C)c1. The Bertz CT molecular complexity index is 597. The number of nitrogens with two attached hydrogens (primary N) is 1. The summed E-state index contributed by atoms with van der Waals surface area (Å²) in [6, 6.07) is 4.26. The van der Waals surface area contributed by atoms with Gasteiger partial charge >= 0.3 is 0 Å². The lowest BCUT2D eigenvalue weighted by molar-refractivity contribution is 1.17. The van der Waals surface area contributed by atoms with Crippen molar-refractivity contribution in [1.82, 2.24) is 9.97 Å². The van der Waals surface area contributed by atoms with Crippen molar-refractivity contribution in [2.45, 2.75) is 20.8 Å². The molecule has 0 aliphatic carbocycles. The van der Waals surface area contributed by atoms with Gasteiger partial charge in [0.15, 0.2) is 0 Å². The van der Waals surface area contributed by atoms with Crippen LogP contribution in [0.3, 0.4) is 0 Å². The minimum absolute atomic E-state index is 0.252. The normalized spacial score (nSPS) is 10.3. The maximum absolute atomic E-state index is 5.49. The zero-order valence-electron chi connectivity index (χ0n) is 11.2.